The Labute approximate surface area is 177 Å². The molecule has 30 heavy (non-hydrogen) atoms. The van der Waals surface area contributed by atoms with Gasteiger partial charge < -0.3 is 19.2 Å². The van der Waals surface area contributed by atoms with E-state index in [1.165, 1.54) is 4.90 Å². The number of aliphatic hydroxyl groups is 1. The van der Waals surface area contributed by atoms with Crippen LogP contribution in [0, 0.1) is 6.92 Å². The summed E-state index contributed by atoms with van der Waals surface area (Å²) in [6.07, 6.45) is 2.75. The molecule has 3 rings (SSSR count). The molecular formula is C24H29NO5. The third kappa shape index (κ3) is 4.42. The van der Waals surface area contributed by atoms with Crippen molar-refractivity contribution in [3.05, 3.63) is 59.1 Å². The molecule has 1 unspecified atom stereocenters. The molecule has 2 heterocycles. The van der Waals surface area contributed by atoms with Crippen molar-refractivity contribution < 1.29 is 23.8 Å². The van der Waals surface area contributed by atoms with E-state index >= 15 is 0 Å². The van der Waals surface area contributed by atoms with Crippen LogP contribution in [0.15, 0.2) is 46.4 Å². The number of carbonyl (C=O) groups excluding carboxylic acids is 2. The highest BCUT2D eigenvalue weighted by molar-refractivity contribution is 6.46. The molecule has 160 valence electrons. The summed E-state index contributed by atoms with van der Waals surface area (Å²) in [6, 6.07) is 9.65. The lowest BCUT2D eigenvalue weighted by Crippen LogP contribution is -2.30. The van der Waals surface area contributed by atoms with Crippen LogP contribution in [0.2, 0.25) is 0 Å². The van der Waals surface area contributed by atoms with E-state index < -0.39 is 17.7 Å². The molecule has 2 aromatic rings. The van der Waals surface area contributed by atoms with Crippen molar-refractivity contribution in [2.24, 2.45) is 0 Å². The molecule has 0 aliphatic carbocycles. The second-order valence-corrected chi connectivity index (χ2v) is 7.84. The van der Waals surface area contributed by atoms with Crippen LogP contribution in [0.25, 0.3) is 5.76 Å². The largest absolute Gasteiger partial charge is 0.507 e. The Morgan fingerprint density at radius 2 is 1.83 bits per heavy atom. The number of amides is 1. The van der Waals surface area contributed by atoms with Gasteiger partial charge in [0.05, 0.1) is 11.7 Å². The highest BCUT2D eigenvalue weighted by Gasteiger charge is 2.47. The van der Waals surface area contributed by atoms with Crippen molar-refractivity contribution >= 4 is 17.4 Å². The molecule has 1 aliphatic rings. The fourth-order valence-electron chi connectivity index (χ4n) is 3.66. The van der Waals surface area contributed by atoms with Gasteiger partial charge in [-0.3, -0.25) is 9.59 Å². The second-order valence-electron chi connectivity index (χ2n) is 7.84. The van der Waals surface area contributed by atoms with E-state index in [0.29, 0.717) is 29.4 Å². The van der Waals surface area contributed by atoms with E-state index in [2.05, 4.69) is 6.92 Å². The molecule has 1 amide bonds. The Kier molecular flexibility index (Phi) is 6.65. The summed E-state index contributed by atoms with van der Waals surface area (Å²) < 4.78 is 11.4. The summed E-state index contributed by atoms with van der Waals surface area (Å²) in [5.41, 5.74) is 0.509. The predicted molar refractivity (Wildman–Crippen MR) is 114 cm³/mol. The number of hydrogen-bond donors (Lipinski definition) is 1. The number of aliphatic hydroxyl groups excluding tert-OH is 1. The van der Waals surface area contributed by atoms with Gasteiger partial charge in [0.1, 0.15) is 29.1 Å². The van der Waals surface area contributed by atoms with Crippen LogP contribution in [0.5, 0.6) is 5.75 Å². The predicted octanol–water partition coefficient (Wildman–Crippen LogP) is 4.99. The topological polar surface area (TPSA) is 80.0 Å². The Morgan fingerprint density at radius 1 is 1.13 bits per heavy atom. The summed E-state index contributed by atoms with van der Waals surface area (Å²) in [5, 5.41) is 11.0. The summed E-state index contributed by atoms with van der Waals surface area (Å²) in [7, 11) is 0. The summed E-state index contributed by atoms with van der Waals surface area (Å²) >= 11 is 0. The molecule has 0 saturated carbocycles. The van der Waals surface area contributed by atoms with Gasteiger partial charge in [-0.15, -0.1) is 0 Å². The molecule has 1 aromatic heterocycles. The van der Waals surface area contributed by atoms with Gasteiger partial charge in [-0.25, -0.2) is 0 Å². The van der Waals surface area contributed by atoms with Crippen molar-refractivity contribution in [3.63, 3.8) is 0 Å². The summed E-state index contributed by atoms with van der Waals surface area (Å²) in [4.78, 5) is 27.2. The zero-order chi connectivity index (χ0) is 21.8. The van der Waals surface area contributed by atoms with Gasteiger partial charge in [0.2, 0.25) is 0 Å². The lowest BCUT2D eigenvalue weighted by molar-refractivity contribution is -0.140. The van der Waals surface area contributed by atoms with E-state index in [1.54, 1.807) is 43.3 Å². The first-order valence-corrected chi connectivity index (χ1v) is 10.4. The molecule has 1 saturated heterocycles. The number of nitrogens with zero attached hydrogens (tertiary/aromatic N) is 1. The van der Waals surface area contributed by atoms with E-state index in [4.69, 9.17) is 9.15 Å². The van der Waals surface area contributed by atoms with Crippen molar-refractivity contribution in [3.8, 4) is 5.75 Å². The van der Waals surface area contributed by atoms with Crippen LogP contribution in [-0.2, 0) is 9.59 Å². The number of likely N-dealkylation sites (tertiary alicyclic amines) is 1. The normalized spacial score (nSPS) is 18.4. The number of aryl methyl sites for hydroxylation is 1. The number of hydrogen-bond acceptors (Lipinski definition) is 5. The Bertz CT molecular complexity index is 939. The van der Waals surface area contributed by atoms with Crippen molar-refractivity contribution in [2.75, 3.05) is 6.54 Å². The van der Waals surface area contributed by atoms with Gasteiger partial charge in [0, 0.05) is 12.1 Å². The number of rotatable bonds is 8. The third-order valence-corrected chi connectivity index (χ3v) is 5.07. The molecule has 1 fully saturated rings. The molecule has 1 aliphatic heterocycles. The first kappa shape index (κ1) is 21.7. The highest BCUT2D eigenvalue weighted by Crippen LogP contribution is 2.40. The Balaban J connectivity index is 2.02. The molecule has 0 spiro atoms. The monoisotopic (exact) mass is 411 g/mol. The number of ether oxygens (including phenoxy) is 1. The van der Waals surface area contributed by atoms with E-state index in [1.807, 2.05) is 13.8 Å². The van der Waals surface area contributed by atoms with Gasteiger partial charge in [0.25, 0.3) is 11.7 Å². The smallest absolute Gasteiger partial charge is 0.295 e. The molecule has 1 N–H and O–H groups in total. The number of unbranched alkanes of at least 4 members (excludes halogenated alkanes) is 2. The van der Waals surface area contributed by atoms with Crippen LogP contribution in [0.4, 0.5) is 0 Å². The second kappa shape index (κ2) is 9.20. The number of furan rings is 1. The fourth-order valence-corrected chi connectivity index (χ4v) is 3.66. The van der Waals surface area contributed by atoms with Gasteiger partial charge in [-0.2, -0.15) is 0 Å². The standard InChI is InChI=1S/C24H29NO5/c1-5-6-7-14-25-21(19-13-8-16(4)30-19)20(23(27)24(25)28)22(26)17-9-11-18(12-10-17)29-15(2)3/h8-13,15,21,26H,5-7,14H2,1-4H3/b22-20-. The van der Waals surface area contributed by atoms with Crippen LogP contribution < -0.4 is 4.74 Å². The van der Waals surface area contributed by atoms with Crippen molar-refractivity contribution in [2.45, 2.75) is 59.1 Å². The maximum absolute atomic E-state index is 12.9. The van der Waals surface area contributed by atoms with Gasteiger partial charge >= 0.3 is 0 Å². The minimum Gasteiger partial charge on any atom is -0.507 e. The zero-order valence-corrected chi connectivity index (χ0v) is 18.0. The molecule has 0 bridgehead atoms. The van der Waals surface area contributed by atoms with E-state index in [-0.39, 0.29) is 17.4 Å². The maximum Gasteiger partial charge on any atom is 0.295 e. The molecular weight excluding hydrogens is 382 g/mol. The minimum atomic E-state index is -0.734. The van der Waals surface area contributed by atoms with E-state index in [9.17, 15) is 14.7 Å². The molecule has 1 aromatic carbocycles. The number of benzene rings is 1. The molecule has 1 atom stereocenters. The first-order chi connectivity index (χ1) is 14.3. The number of Topliss-reactive ketones (excluding diaryl/α,β-unsaturated/α-hetero) is 1. The first-order valence-electron chi connectivity index (χ1n) is 10.4. The minimum absolute atomic E-state index is 0.0279. The lowest BCUT2D eigenvalue weighted by atomic mass is 9.99. The van der Waals surface area contributed by atoms with Crippen molar-refractivity contribution in [1.29, 1.82) is 0 Å². The van der Waals surface area contributed by atoms with Crippen LogP contribution in [0.3, 0.4) is 0 Å². The van der Waals surface area contributed by atoms with Crippen LogP contribution in [-0.4, -0.2) is 34.3 Å². The molecule has 6 nitrogen and oxygen atoms in total. The average Bonchev–Trinajstić information content (AvgIpc) is 3.24. The third-order valence-electron chi connectivity index (χ3n) is 5.07. The molecule has 6 heteroatoms. The van der Waals surface area contributed by atoms with Gasteiger partial charge in [0.15, 0.2) is 0 Å². The maximum atomic E-state index is 12.9. The number of carbonyl (C=O) groups is 2. The highest BCUT2D eigenvalue weighted by atomic mass is 16.5. The molecule has 0 radical (unpaired) electrons. The average molecular weight is 411 g/mol. The van der Waals surface area contributed by atoms with Crippen LogP contribution >= 0.6 is 0 Å². The number of ketones is 1. The van der Waals surface area contributed by atoms with E-state index in [0.717, 1.165) is 19.3 Å². The summed E-state index contributed by atoms with van der Waals surface area (Å²) in [6.45, 7) is 8.17. The van der Waals surface area contributed by atoms with Crippen LogP contribution in [0.1, 0.15) is 63.2 Å². The lowest BCUT2D eigenvalue weighted by Gasteiger charge is -2.23. The van der Waals surface area contributed by atoms with Gasteiger partial charge in [-0.05, 0) is 63.6 Å². The quantitative estimate of drug-likeness (QED) is 0.287. The fraction of sp³-hybridized carbons (Fsp3) is 0.417. The summed E-state index contributed by atoms with van der Waals surface area (Å²) in [5.74, 6) is 0.321. The van der Waals surface area contributed by atoms with Crippen molar-refractivity contribution in [1.82, 2.24) is 4.90 Å². The SMILES string of the molecule is CCCCCN1C(=O)C(=O)/C(=C(\O)c2ccc(OC(C)C)cc2)C1c1ccc(C)o1. The van der Waals surface area contributed by atoms with Gasteiger partial charge in [-0.1, -0.05) is 19.8 Å². The Hall–Kier alpha value is -3.02. The zero-order valence-electron chi connectivity index (χ0n) is 18.0. The Morgan fingerprint density at radius 3 is 2.40 bits per heavy atom.